The lowest BCUT2D eigenvalue weighted by molar-refractivity contribution is 0.357. The van der Waals surface area contributed by atoms with Crippen LogP contribution >= 0.6 is 15.9 Å². The fraction of sp³-hybridized carbons (Fsp3) is 0.0833. The molecular formula is C12H9BrN2O. The Bertz CT molecular complexity index is 546. The number of aromatic amines is 1. The number of ether oxygens (including phenoxy) is 1. The van der Waals surface area contributed by atoms with Gasteiger partial charge in [-0.3, -0.25) is 0 Å². The lowest BCUT2D eigenvalue weighted by Crippen LogP contribution is -2.05. The Hall–Kier alpha value is -1.55. The standard InChI is InChI=1S/C12H9BrN2O/c13-8-1-2-12-10(5-8)9(3-4-16-12)11-6-14-7-15-11/h1-3,5-7H,4H2,(H,14,15). The molecule has 80 valence electrons. The van der Waals surface area contributed by atoms with Gasteiger partial charge in [-0.25, -0.2) is 4.98 Å². The summed E-state index contributed by atoms with van der Waals surface area (Å²) in [6.45, 7) is 0.600. The first-order valence-corrected chi connectivity index (χ1v) is 5.75. The second-order valence-electron chi connectivity index (χ2n) is 3.53. The number of nitrogens with zero attached hydrogens (tertiary/aromatic N) is 1. The molecule has 0 spiro atoms. The van der Waals surface area contributed by atoms with Crippen LogP contribution in [0.25, 0.3) is 5.57 Å². The Morgan fingerprint density at radius 3 is 3.12 bits per heavy atom. The van der Waals surface area contributed by atoms with Gasteiger partial charge in [-0.15, -0.1) is 0 Å². The van der Waals surface area contributed by atoms with E-state index in [0.29, 0.717) is 6.61 Å². The average molecular weight is 277 g/mol. The smallest absolute Gasteiger partial charge is 0.127 e. The summed E-state index contributed by atoms with van der Waals surface area (Å²) in [5.74, 6) is 0.912. The molecule has 0 saturated carbocycles. The molecule has 3 nitrogen and oxygen atoms in total. The first kappa shape index (κ1) is 9.66. The van der Waals surface area contributed by atoms with Gasteiger partial charge in [0.2, 0.25) is 0 Å². The monoisotopic (exact) mass is 276 g/mol. The van der Waals surface area contributed by atoms with Gasteiger partial charge in [0.25, 0.3) is 0 Å². The molecule has 0 aliphatic carbocycles. The van der Waals surface area contributed by atoms with Gasteiger partial charge in [0, 0.05) is 15.6 Å². The van der Waals surface area contributed by atoms with Gasteiger partial charge >= 0.3 is 0 Å². The summed E-state index contributed by atoms with van der Waals surface area (Å²) in [6, 6.07) is 6.01. The number of rotatable bonds is 1. The summed E-state index contributed by atoms with van der Waals surface area (Å²) in [4.78, 5) is 7.16. The van der Waals surface area contributed by atoms with Crippen LogP contribution in [0.5, 0.6) is 5.75 Å². The van der Waals surface area contributed by atoms with Gasteiger partial charge in [0.15, 0.2) is 0 Å². The number of benzene rings is 1. The SMILES string of the molecule is Brc1ccc2c(c1)C(c1cnc[nH]1)=CCO2. The van der Waals surface area contributed by atoms with Gasteiger partial charge in [0.05, 0.1) is 18.2 Å². The quantitative estimate of drug-likeness (QED) is 0.870. The van der Waals surface area contributed by atoms with Crippen LogP contribution in [0.3, 0.4) is 0 Å². The van der Waals surface area contributed by atoms with Crippen molar-refractivity contribution in [3.8, 4) is 5.75 Å². The highest BCUT2D eigenvalue weighted by molar-refractivity contribution is 9.10. The number of H-pyrrole nitrogens is 1. The molecule has 1 aliphatic rings. The zero-order chi connectivity index (χ0) is 11.0. The van der Waals surface area contributed by atoms with E-state index < -0.39 is 0 Å². The fourth-order valence-electron chi connectivity index (χ4n) is 1.82. The van der Waals surface area contributed by atoms with Crippen molar-refractivity contribution in [2.24, 2.45) is 0 Å². The molecule has 4 heteroatoms. The van der Waals surface area contributed by atoms with E-state index >= 15 is 0 Å². The molecule has 2 aromatic rings. The predicted octanol–water partition coefficient (Wildman–Crippen LogP) is 3.00. The maximum atomic E-state index is 5.58. The summed E-state index contributed by atoms with van der Waals surface area (Å²) < 4.78 is 6.62. The third kappa shape index (κ3) is 1.55. The molecule has 16 heavy (non-hydrogen) atoms. The zero-order valence-electron chi connectivity index (χ0n) is 8.40. The van der Waals surface area contributed by atoms with Gasteiger partial charge < -0.3 is 9.72 Å². The topological polar surface area (TPSA) is 37.9 Å². The van der Waals surface area contributed by atoms with E-state index in [1.807, 2.05) is 18.3 Å². The van der Waals surface area contributed by atoms with Crippen molar-refractivity contribution in [3.63, 3.8) is 0 Å². The lowest BCUT2D eigenvalue weighted by Gasteiger charge is -2.18. The first-order valence-electron chi connectivity index (χ1n) is 4.96. The largest absolute Gasteiger partial charge is 0.489 e. The van der Waals surface area contributed by atoms with Gasteiger partial charge in [-0.2, -0.15) is 0 Å². The van der Waals surface area contributed by atoms with Crippen LogP contribution < -0.4 is 4.74 Å². The molecule has 0 saturated heterocycles. The van der Waals surface area contributed by atoms with Crippen LogP contribution in [0, 0.1) is 0 Å². The minimum absolute atomic E-state index is 0.600. The molecular weight excluding hydrogens is 268 g/mol. The second kappa shape index (κ2) is 3.79. The number of hydrogen-bond acceptors (Lipinski definition) is 2. The Balaban J connectivity index is 2.16. The third-order valence-electron chi connectivity index (χ3n) is 2.55. The van der Waals surface area contributed by atoms with Crippen LogP contribution in [-0.2, 0) is 0 Å². The predicted molar refractivity (Wildman–Crippen MR) is 65.3 cm³/mol. The van der Waals surface area contributed by atoms with Crippen molar-refractivity contribution in [2.75, 3.05) is 6.61 Å². The molecule has 0 radical (unpaired) electrons. The molecule has 0 amide bonds. The summed E-state index contributed by atoms with van der Waals surface area (Å²) in [5.41, 5.74) is 3.24. The highest BCUT2D eigenvalue weighted by atomic mass is 79.9. The minimum Gasteiger partial charge on any atom is -0.489 e. The molecule has 2 heterocycles. The van der Waals surface area contributed by atoms with Crippen LogP contribution in [0.4, 0.5) is 0 Å². The van der Waals surface area contributed by atoms with Crippen molar-refractivity contribution < 1.29 is 4.74 Å². The maximum Gasteiger partial charge on any atom is 0.127 e. The van der Waals surface area contributed by atoms with E-state index in [0.717, 1.165) is 27.1 Å². The van der Waals surface area contributed by atoms with Crippen LogP contribution in [0.2, 0.25) is 0 Å². The number of aromatic nitrogens is 2. The molecule has 0 unspecified atom stereocenters. The summed E-state index contributed by atoms with van der Waals surface area (Å²) in [7, 11) is 0. The first-order chi connectivity index (χ1) is 7.84. The van der Waals surface area contributed by atoms with Crippen molar-refractivity contribution in [1.82, 2.24) is 9.97 Å². The number of fused-ring (bicyclic) bond motifs is 1. The Morgan fingerprint density at radius 1 is 1.38 bits per heavy atom. The fourth-order valence-corrected chi connectivity index (χ4v) is 2.18. The van der Waals surface area contributed by atoms with Gasteiger partial charge in [-0.05, 0) is 24.3 Å². The minimum atomic E-state index is 0.600. The normalized spacial score (nSPS) is 13.9. The van der Waals surface area contributed by atoms with E-state index in [9.17, 15) is 0 Å². The molecule has 1 N–H and O–H groups in total. The molecule has 1 aliphatic heterocycles. The molecule has 1 aromatic heterocycles. The highest BCUT2D eigenvalue weighted by Crippen LogP contribution is 2.34. The van der Waals surface area contributed by atoms with E-state index in [-0.39, 0.29) is 0 Å². The molecule has 1 aromatic carbocycles. The van der Waals surface area contributed by atoms with E-state index in [2.05, 4.69) is 38.0 Å². The highest BCUT2D eigenvalue weighted by Gasteiger charge is 2.16. The van der Waals surface area contributed by atoms with Gasteiger partial charge in [-0.1, -0.05) is 15.9 Å². The molecule has 0 bridgehead atoms. The molecule has 0 atom stereocenters. The second-order valence-corrected chi connectivity index (χ2v) is 4.45. The van der Waals surface area contributed by atoms with Gasteiger partial charge in [0.1, 0.15) is 12.4 Å². The van der Waals surface area contributed by atoms with E-state index in [1.165, 1.54) is 0 Å². The van der Waals surface area contributed by atoms with Crippen LogP contribution in [0.15, 0.2) is 41.3 Å². The number of hydrogen-bond donors (Lipinski definition) is 1. The van der Waals surface area contributed by atoms with Crippen molar-refractivity contribution in [1.29, 1.82) is 0 Å². The Kier molecular flexibility index (Phi) is 2.29. The Morgan fingerprint density at radius 2 is 2.31 bits per heavy atom. The summed E-state index contributed by atoms with van der Waals surface area (Å²) in [6.07, 6.45) is 5.56. The lowest BCUT2D eigenvalue weighted by atomic mass is 10.0. The van der Waals surface area contributed by atoms with Crippen LogP contribution in [0.1, 0.15) is 11.3 Å². The molecule has 3 rings (SSSR count). The van der Waals surface area contributed by atoms with Crippen molar-refractivity contribution in [2.45, 2.75) is 0 Å². The average Bonchev–Trinajstić information content (AvgIpc) is 2.81. The number of imidazole rings is 1. The number of nitrogens with one attached hydrogen (secondary N) is 1. The molecule has 0 fully saturated rings. The van der Waals surface area contributed by atoms with E-state index in [1.54, 1.807) is 6.33 Å². The van der Waals surface area contributed by atoms with Crippen LogP contribution in [-0.4, -0.2) is 16.6 Å². The van der Waals surface area contributed by atoms with E-state index in [4.69, 9.17) is 4.74 Å². The summed E-state index contributed by atoms with van der Waals surface area (Å²) >= 11 is 3.47. The van der Waals surface area contributed by atoms with Crippen molar-refractivity contribution >= 4 is 21.5 Å². The Labute approximate surface area is 101 Å². The summed E-state index contributed by atoms with van der Waals surface area (Å²) in [5, 5.41) is 0. The number of halogens is 1. The zero-order valence-corrected chi connectivity index (χ0v) is 9.99. The van der Waals surface area contributed by atoms with Crippen molar-refractivity contribution in [3.05, 3.63) is 52.5 Å². The maximum absolute atomic E-state index is 5.58. The third-order valence-corrected chi connectivity index (χ3v) is 3.04.